The summed E-state index contributed by atoms with van der Waals surface area (Å²) in [5.74, 6) is 8.08. The maximum atomic E-state index is 6.25. The number of nitrogens with zero attached hydrogens (tertiary/aromatic N) is 2. The van der Waals surface area contributed by atoms with E-state index in [-0.39, 0.29) is 0 Å². The largest absolute Gasteiger partial charge is 0.266 e. The maximum Gasteiger partial charge on any atom is 0.151 e. The SMILES string of the molecule is NN(C1=NCCSc2ccccc21)c1ccccc1. The van der Waals surface area contributed by atoms with Crippen LogP contribution in [0.2, 0.25) is 0 Å². The van der Waals surface area contributed by atoms with Gasteiger partial charge in [0.2, 0.25) is 0 Å². The molecule has 0 fully saturated rings. The van der Waals surface area contributed by atoms with Crippen LogP contribution >= 0.6 is 11.8 Å². The van der Waals surface area contributed by atoms with Gasteiger partial charge in [-0.05, 0) is 18.2 Å². The zero-order valence-corrected chi connectivity index (χ0v) is 11.3. The third kappa shape index (κ3) is 2.50. The number of para-hydroxylation sites is 1. The van der Waals surface area contributed by atoms with Crippen molar-refractivity contribution >= 4 is 23.3 Å². The minimum absolute atomic E-state index is 0.787. The van der Waals surface area contributed by atoms with Crippen LogP contribution < -0.4 is 10.9 Å². The fraction of sp³-hybridized carbons (Fsp3) is 0.133. The van der Waals surface area contributed by atoms with Crippen molar-refractivity contribution < 1.29 is 0 Å². The molecule has 1 aliphatic rings. The van der Waals surface area contributed by atoms with Crippen LogP contribution in [-0.4, -0.2) is 18.1 Å². The molecule has 2 aromatic carbocycles. The summed E-state index contributed by atoms with van der Waals surface area (Å²) in [6.07, 6.45) is 0. The van der Waals surface area contributed by atoms with Gasteiger partial charge in [0, 0.05) is 16.2 Å². The molecule has 2 aromatic rings. The fourth-order valence-electron chi connectivity index (χ4n) is 2.09. The number of amidine groups is 1. The van der Waals surface area contributed by atoms with Gasteiger partial charge in [0.15, 0.2) is 5.84 Å². The fourth-order valence-corrected chi connectivity index (χ4v) is 2.98. The number of anilines is 1. The van der Waals surface area contributed by atoms with Crippen LogP contribution in [0.4, 0.5) is 5.69 Å². The quantitative estimate of drug-likeness (QED) is 0.639. The molecule has 0 aliphatic carbocycles. The van der Waals surface area contributed by atoms with Gasteiger partial charge in [0.1, 0.15) is 0 Å². The second-order valence-electron chi connectivity index (χ2n) is 4.26. The molecule has 2 N–H and O–H groups in total. The van der Waals surface area contributed by atoms with E-state index in [1.54, 1.807) is 5.01 Å². The van der Waals surface area contributed by atoms with Crippen molar-refractivity contribution in [2.24, 2.45) is 10.8 Å². The van der Waals surface area contributed by atoms with Gasteiger partial charge in [-0.25, -0.2) is 5.84 Å². The minimum Gasteiger partial charge on any atom is -0.266 e. The standard InChI is InChI=1S/C15H15N3S/c16-18(12-6-2-1-3-7-12)15-13-8-4-5-9-14(13)19-11-10-17-15/h1-9H,10-11,16H2. The molecule has 0 aromatic heterocycles. The highest BCUT2D eigenvalue weighted by Crippen LogP contribution is 2.27. The molecule has 1 aliphatic heterocycles. The Kier molecular flexibility index (Phi) is 3.53. The Hall–Kier alpha value is -1.78. The van der Waals surface area contributed by atoms with E-state index in [0.717, 1.165) is 29.4 Å². The topological polar surface area (TPSA) is 41.6 Å². The van der Waals surface area contributed by atoms with Crippen molar-refractivity contribution in [1.82, 2.24) is 0 Å². The van der Waals surface area contributed by atoms with Crippen molar-refractivity contribution in [2.45, 2.75) is 4.90 Å². The third-order valence-corrected chi connectivity index (χ3v) is 4.05. The van der Waals surface area contributed by atoms with E-state index >= 15 is 0 Å². The lowest BCUT2D eigenvalue weighted by molar-refractivity contribution is 1.07. The van der Waals surface area contributed by atoms with Gasteiger partial charge in [-0.15, -0.1) is 11.8 Å². The van der Waals surface area contributed by atoms with E-state index in [4.69, 9.17) is 5.84 Å². The van der Waals surface area contributed by atoms with Crippen LogP contribution in [0, 0.1) is 0 Å². The molecule has 3 nitrogen and oxygen atoms in total. The predicted octanol–water partition coefficient (Wildman–Crippen LogP) is 2.92. The highest BCUT2D eigenvalue weighted by molar-refractivity contribution is 7.99. The Morgan fingerprint density at radius 2 is 1.74 bits per heavy atom. The molecule has 19 heavy (non-hydrogen) atoms. The summed E-state index contributed by atoms with van der Waals surface area (Å²) in [6, 6.07) is 18.2. The van der Waals surface area contributed by atoms with Crippen molar-refractivity contribution in [2.75, 3.05) is 17.3 Å². The van der Waals surface area contributed by atoms with Gasteiger partial charge in [-0.3, -0.25) is 10.0 Å². The van der Waals surface area contributed by atoms with Crippen molar-refractivity contribution in [3.63, 3.8) is 0 Å². The molecular weight excluding hydrogens is 254 g/mol. The first-order valence-corrected chi connectivity index (χ1v) is 7.21. The Morgan fingerprint density at radius 3 is 2.58 bits per heavy atom. The lowest BCUT2D eigenvalue weighted by atomic mass is 10.2. The predicted molar refractivity (Wildman–Crippen MR) is 81.7 cm³/mol. The van der Waals surface area contributed by atoms with E-state index in [1.807, 2.05) is 48.2 Å². The van der Waals surface area contributed by atoms with Gasteiger partial charge in [-0.2, -0.15) is 0 Å². The van der Waals surface area contributed by atoms with Gasteiger partial charge >= 0.3 is 0 Å². The number of aliphatic imine (C=N–C) groups is 1. The molecule has 0 amide bonds. The van der Waals surface area contributed by atoms with Crippen molar-refractivity contribution in [3.05, 3.63) is 60.2 Å². The first-order chi connectivity index (χ1) is 9.36. The molecule has 4 heteroatoms. The van der Waals surface area contributed by atoms with Crippen LogP contribution in [0.15, 0.2) is 64.5 Å². The van der Waals surface area contributed by atoms with Gasteiger partial charge < -0.3 is 0 Å². The summed E-state index contributed by atoms with van der Waals surface area (Å²) in [5.41, 5.74) is 2.05. The molecule has 3 rings (SSSR count). The number of fused-ring (bicyclic) bond motifs is 1. The molecule has 0 saturated heterocycles. The van der Waals surface area contributed by atoms with E-state index in [1.165, 1.54) is 4.90 Å². The summed E-state index contributed by atoms with van der Waals surface area (Å²) in [4.78, 5) is 5.88. The Morgan fingerprint density at radius 1 is 1.00 bits per heavy atom. The monoisotopic (exact) mass is 269 g/mol. The number of rotatable bonds is 1. The van der Waals surface area contributed by atoms with E-state index in [9.17, 15) is 0 Å². The molecular formula is C15H15N3S. The van der Waals surface area contributed by atoms with Crippen molar-refractivity contribution in [1.29, 1.82) is 0 Å². The molecule has 0 radical (unpaired) electrons. The van der Waals surface area contributed by atoms with E-state index in [2.05, 4.69) is 23.2 Å². The lowest BCUT2D eigenvalue weighted by Gasteiger charge is -2.21. The summed E-state index contributed by atoms with van der Waals surface area (Å²) in [7, 11) is 0. The zero-order valence-electron chi connectivity index (χ0n) is 10.5. The molecule has 96 valence electrons. The highest BCUT2D eigenvalue weighted by atomic mass is 32.2. The molecule has 0 spiro atoms. The molecule has 0 atom stereocenters. The molecule has 1 heterocycles. The average molecular weight is 269 g/mol. The zero-order chi connectivity index (χ0) is 13.1. The highest BCUT2D eigenvalue weighted by Gasteiger charge is 2.17. The van der Waals surface area contributed by atoms with E-state index < -0.39 is 0 Å². The smallest absolute Gasteiger partial charge is 0.151 e. The summed E-state index contributed by atoms with van der Waals surface area (Å²) < 4.78 is 0. The maximum absolute atomic E-state index is 6.25. The summed E-state index contributed by atoms with van der Waals surface area (Å²) in [5, 5.41) is 1.67. The second-order valence-corrected chi connectivity index (χ2v) is 5.39. The van der Waals surface area contributed by atoms with Crippen LogP contribution in [0.25, 0.3) is 0 Å². The third-order valence-electron chi connectivity index (χ3n) is 3.00. The lowest BCUT2D eigenvalue weighted by Crippen LogP contribution is -2.38. The van der Waals surface area contributed by atoms with Gasteiger partial charge in [0.25, 0.3) is 0 Å². The molecule has 0 saturated carbocycles. The molecule has 0 unspecified atom stereocenters. The first-order valence-electron chi connectivity index (χ1n) is 6.23. The minimum atomic E-state index is 0.787. The summed E-state index contributed by atoms with van der Waals surface area (Å²) >= 11 is 1.83. The Balaban J connectivity index is 2.03. The number of nitrogens with two attached hydrogens (primary N) is 1. The van der Waals surface area contributed by atoms with Gasteiger partial charge in [0.05, 0.1) is 12.2 Å². The second kappa shape index (κ2) is 5.47. The molecule has 0 bridgehead atoms. The van der Waals surface area contributed by atoms with Crippen LogP contribution in [0.1, 0.15) is 5.56 Å². The number of benzene rings is 2. The van der Waals surface area contributed by atoms with Crippen LogP contribution in [-0.2, 0) is 0 Å². The first kappa shape index (κ1) is 12.3. The van der Waals surface area contributed by atoms with Gasteiger partial charge in [-0.1, -0.05) is 36.4 Å². The number of hydrazine groups is 1. The average Bonchev–Trinajstić information content (AvgIpc) is 2.70. The van der Waals surface area contributed by atoms with Crippen LogP contribution in [0.5, 0.6) is 0 Å². The summed E-state index contributed by atoms with van der Waals surface area (Å²) in [6.45, 7) is 0.787. The number of thioether (sulfide) groups is 1. The normalized spacial score (nSPS) is 14.3. The van der Waals surface area contributed by atoms with Crippen molar-refractivity contribution in [3.8, 4) is 0 Å². The Bertz CT molecular complexity index is 595. The van der Waals surface area contributed by atoms with E-state index in [0.29, 0.717) is 0 Å². The van der Waals surface area contributed by atoms with Crippen LogP contribution in [0.3, 0.4) is 0 Å². The number of hydrogen-bond acceptors (Lipinski definition) is 4. The number of hydrogen-bond donors (Lipinski definition) is 1. The Labute approximate surface area is 117 Å².